The highest BCUT2D eigenvalue weighted by molar-refractivity contribution is 6.00. The average Bonchev–Trinajstić information content (AvgIpc) is 3.23. The largest absolute Gasteiger partial charge is 0.375 e. The summed E-state index contributed by atoms with van der Waals surface area (Å²) in [4.78, 5) is 170. The molecule has 0 unspecified atom stereocenters. The van der Waals surface area contributed by atoms with Gasteiger partial charge in [0.25, 0.3) is 0 Å². The molecule has 11 amide bonds. The fraction of sp³-hybridized carbons (Fsp3) is 0.823. The molecule has 0 aromatic heterocycles. The van der Waals surface area contributed by atoms with Crippen molar-refractivity contribution in [2.75, 3.05) is 55.9 Å². The normalized spacial score (nSPS) is 29.7. The first-order valence-corrected chi connectivity index (χ1v) is 30.8. The molecule has 2 aliphatic rings. The molecule has 0 aromatic rings. The highest BCUT2D eigenvalue weighted by atomic mass is 16.5. The van der Waals surface area contributed by atoms with Crippen LogP contribution in [-0.2, 0) is 57.5 Å². The molecule has 13 atom stereocenters. The summed E-state index contributed by atoms with van der Waals surface area (Å²) in [6.07, 6.45) is 0.438. The van der Waals surface area contributed by atoms with Gasteiger partial charge in [-0.1, -0.05) is 104 Å². The van der Waals surface area contributed by atoms with Crippen LogP contribution in [-0.4, -0.2) is 228 Å². The van der Waals surface area contributed by atoms with Crippen molar-refractivity contribution in [3.8, 4) is 0 Å². The van der Waals surface area contributed by atoms with Crippen molar-refractivity contribution in [2.45, 2.75) is 229 Å². The van der Waals surface area contributed by atoms with Crippen LogP contribution in [0.15, 0.2) is 0 Å². The molecule has 0 aromatic carbocycles. The molecule has 0 spiro atoms. The Bertz CT molecular complexity index is 2340. The van der Waals surface area contributed by atoms with Crippen molar-refractivity contribution in [3.63, 3.8) is 0 Å². The minimum absolute atomic E-state index is 0.124. The highest BCUT2D eigenvalue weighted by Crippen LogP contribution is 2.29. The second-order valence-corrected chi connectivity index (χ2v) is 27.1. The lowest BCUT2D eigenvalue weighted by Gasteiger charge is -2.41. The maximum absolute atomic E-state index is 15.2. The van der Waals surface area contributed by atoms with Crippen molar-refractivity contribution >= 4 is 65.0 Å². The van der Waals surface area contributed by atoms with E-state index in [0.29, 0.717) is 13.0 Å². The van der Waals surface area contributed by atoms with Gasteiger partial charge in [-0.2, -0.15) is 0 Å². The monoisotopic (exact) mass is 1200 g/mol. The summed E-state index contributed by atoms with van der Waals surface area (Å²) < 4.78 is 6.20. The van der Waals surface area contributed by atoms with E-state index < -0.39 is 155 Å². The van der Waals surface area contributed by atoms with Crippen LogP contribution in [0.5, 0.6) is 0 Å². The molecule has 0 aliphatic carbocycles. The zero-order valence-corrected chi connectivity index (χ0v) is 56.3. The molecule has 2 fully saturated rings. The average molecular weight is 1200 g/mol. The van der Waals surface area contributed by atoms with Gasteiger partial charge in [-0.05, 0) is 100 Å². The van der Waals surface area contributed by atoms with Gasteiger partial charge in [-0.25, -0.2) is 0 Å². The summed E-state index contributed by atoms with van der Waals surface area (Å²) in [5.41, 5.74) is 0. The Labute approximate surface area is 508 Å². The summed E-state index contributed by atoms with van der Waals surface area (Å²) in [6.45, 7) is 32.2. The predicted octanol–water partition coefficient (Wildman–Crippen LogP) is 3.37. The lowest BCUT2D eigenvalue weighted by molar-refractivity contribution is -0.157. The second kappa shape index (κ2) is 32.8. The van der Waals surface area contributed by atoms with Crippen molar-refractivity contribution in [1.29, 1.82) is 0 Å². The molecule has 486 valence electrons. The predicted molar refractivity (Wildman–Crippen MR) is 327 cm³/mol. The fourth-order valence-electron chi connectivity index (χ4n) is 11.3. The number of carbonyl (C=O) groups is 11. The van der Waals surface area contributed by atoms with Gasteiger partial charge in [0.2, 0.25) is 65.0 Å². The van der Waals surface area contributed by atoms with E-state index in [-0.39, 0.29) is 55.3 Å². The highest BCUT2D eigenvalue weighted by Gasteiger charge is 2.48. The van der Waals surface area contributed by atoms with Gasteiger partial charge in [-0.15, -0.1) is 0 Å². The Morgan fingerprint density at radius 2 is 0.741 bits per heavy atom. The topological polar surface area (TPSA) is 268 Å². The van der Waals surface area contributed by atoms with E-state index >= 15 is 14.4 Å². The Kier molecular flexibility index (Phi) is 29.0. The van der Waals surface area contributed by atoms with Gasteiger partial charge in [0.1, 0.15) is 66.5 Å². The number of ether oxygens (including phenoxy) is 1. The molecule has 2 heterocycles. The van der Waals surface area contributed by atoms with E-state index in [1.807, 2.05) is 62.3 Å². The molecular formula is C62H111N11O12. The number of amides is 11. The SMILES string of the molecule is CC(C)C[C@@H]1C(=O)N[C@H](C)C(=O)N[C@@H](C)C(=O)N(C)[C@@H](CC(C)C)C(=O)N(C)[C@H](CC(C)C)C(=O)N(C)[C@H](C(C)C)C(=O)N(C)[C@H]([C@@H]2OCC[C@H]2C)C(=O)N[C@H](C(C)C)C(=O)N(C)[C@H](C)C(=O)N(C)[C@@H](CC(C)C)C(=O)N[C@H](C(C)C)C(=O)N1C. The third-order valence-corrected chi connectivity index (χ3v) is 16.9. The van der Waals surface area contributed by atoms with E-state index in [0.717, 1.165) is 0 Å². The van der Waals surface area contributed by atoms with E-state index in [1.165, 1.54) is 104 Å². The van der Waals surface area contributed by atoms with Crippen molar-refractivity contribution in [2.24, 2.45) is 47.3 Å². The number of hydrogen-bond donors (Lipinski definition) is 4. The van der Waals surface area contributed by atoms with Crippen LogP contribution in [0.2, 0.25) is 0 Å². The summed E-state index contributed by atoms with van der Waals surface area (Å²) in [6, 6.07) is -13.0. The standard InChI is InChI=1S/C62H111N11O12/c1-32(2)28-43-53(75)63-40(16)52(74)64-41(17)56(78)70(22)45(30-34(5)6)58(80)71(23)46(31-35(7)8)59(81)72(24)49(38(13)14)62(84)73(25)50(51-39(15)26-27-85-51)55(77)66-47(36(9)10)60(82)67(19)42(18)57(79)68(20)44(29-33(3)4)54(76)65-48(37(11)12)61(83)69(43)21/h32-51H,26-31H2,1-25H3,(H,63,75)(H,64,74)(H,65,76)(H,66,77)/t39-,40-,41+,42-,43-,44+,45+,46-,47-,48-,49-,50-,51-/m1/s1. The molecule has 2 saturated heterocycles. The van der Waals surface area contributed by atoms with Crippen molar-refractivity contribution < 1.29 is 57.5 Å². The Hall–Kier alpha value is -5.87. The van der Waals surface area contributed by atoms with Crippen LogP contribution < -0.4 is 21.3 Å². The van der Waals surface area contributed by atoms with Gasteiger partial charge in [-0.3, -0.25) is 52.7 Å². The van der Waals surface area contributed by atoms with Gasteiger partial charge in [0, 0.05) is 55.9 Å². The molecular weight excluding hydrogens is 1090 g/mol. The maximum Gasteiger partial charge on any atom is 0.246 e. The summed E-state index contributed by atoms with van der Waals surface area (Å²) in [5, 5.41) is 11.2. The molecule has 23 heteroatoms. The van der Waals surface area contributed by atoms with E-state index in [9.17, 15) is 38.4 Å². The van der Waals surface area contributed by atoms with Crippen LogP contribution in [0.25, 0.3) is 0 Å². The van der Waals surface area contributed by atoms with E-state index in [2.05, 4.69) is 21.3 Å². The first kappa shape index (κ1) is 75.2. The summed E-state index contributed by atoms with van der Waals surface area (Å²) in [5.74, 6) is -9.22. The first-order chi connectivity index (χ1) is 39.1. The number of hydrogen-bond acceptors (Lipinski definition) is 12. The van der Waals surface area contributed by atoms with Gasteiger partial charge in [0.15, 0.2) is 0 Å². The Balaban J connectivity index is 2.98. The minimum Gasteiger partial charge on any atom is -0.375 e. The maximum atomic E-state index is 15.2. The number of likely N-dealkylation sites (N-methyl/N-ethyl adjacent to an activating group) is 7. The second-order valence-electron chi connectivity index (χ2n) is 27.1. The summed E-state index contributed by atoms with van der Waals surface area (Å²) in [7, 11) is 10.2. The fourth-order valence-corrected chi connectivity index (χ4v) is 11.3. The van der Waals surface area contributed by atoms with E-state index in [4.69, 9.17) is 4.74 Å². The number of nitrogens with one attached hydrogen (secondary N) is 4. The van der Waals surface area contributed by atoms with Crippen LogP contribution in [0, 0.1) is 47.3 Å². The number of carbonyl (C=O) groups excluding carboxylic acids is 11. The lowest BCUT2D eigenvalue weighted by atomic mass is 9.92. The van der Waals surface area contributed by atoms with Gasteiger partial charge >= 0.3 is 0 Å². The quantitative estimate of drug-likeness (QED) is 0.219. The number of rotatable bonds is 12. The Morgan fingerprint density at radius 3 is 1.15 bits per heavy atom. The Morgan fingerprint density at radius 1 is 0.376 bits per heavy atom. The first-order valence-electron chi connectivity index (χ1n) is 30.8. The van der Waals surface area contributed by atoms with Crippen LogP contribution in [0.4, 0.5) is 0 Å². The molecule has 0 bridgehead atoms. The van der Waals surface area contributed by atoms with Gasteiger partial charge in [0.05, 0.1) is 6.10 Å². The van der Waals surface area contributed by atoms with Gasteiger partial charge < -0.3 is 60.3 Å². The van der Waals surface area contributed by atoms with Crippen LogP contribution in [0.1, 0.15) is 157 Å². The van der Waals surface area contributed by atoms with E-state index in [1.54, 1.807) is 41.5 Å². The molecule has 23 nitrogen and oxygen atoms in total. The lowest BCUT2D eigenvalue weighted by Crippen LogP contribution is -2.64. The molecule has 2 rings (SSSR count). The molecule has 4 N–H and O–H groups in total. The van der Waals surface area contributed by atoms with Crippen molar-refractivity contribution in [1.82, 2.24) is 55.6 Å². The van der Waals surface area contributed by atoms with Crippen molar-refractivity contribution in [3.05, 3.63) is 0 Å². The molecule has 85 heavy (non-hydrogen) atoms. The third kappa shape index (κ3) is 19.6. The van der Waals surface area contributed by atoms with Crippen LogP contribution in [0.3, 0.4) is 0 Å². The zero-order chi connectivity index (χ0) is 65.7. The minimum atomic E-state index is -1.30. The smallest absolute Gasteiger partial charge is 0.246 e. The molecule has 2 aliphatic heterocycles. The molecule has 0 radical (unpaired) electrons. The zero-order valence-electron chi connectivity index (χ0n) is 56.3. The molecule has 0 saturated carbocycles. The van der Waals surface area contributed by atoms with Crippen LogP contribution >= 0.6 is 0 Å². The third-order valence-electron chi connectivity index (χ3n) is 16.9. The number of nitrogens with zero attached hydrogens (tertiary/aromatic N) is 7. The summed E-state index contributed by atoms with van der Waals surface area (Å²) >= 11 is 0.